The van der Waals surface area contributed by atoms with Gasteiger partial charge in [-0.1, -0.05) is 25.7 Å². The molecule has 122 valence electrons. The maximum absolute atomic E-state index is 12.0. The molecule has 1 aliphatic rings. The monoisotopic (exact) mass is 321 g/mol. The van der Waals surface area contributed by atoms with Crippen LogP contribution in [0.15, 0.2) is 0 Å². The van der Waals surface area contributed by atoms with Gasteiger partial charge in [0.2, 0.25) is 10.0 Å². The number of aliphatic carboxylic acids is 1. The number of hydrogen-bond acceptors (Lipinski definition) is 5. The summed E-state index contributed by atoms with van der Waals surface area (Å²) >= 11 is 0. The van der Waals surface area contributed by atoms with Gasteiger partial charge < -0.3 is 9.84 Å². The van der Waals surface area contributed by atoms with Crippen LogP contribution in [0.2, 0.25) is 0 Å². The van der Waals surface area contributed by atoms with Gasteiger partial charge in [0.25, 0.3) is 0 Å². The molecular weight excluding hydrogens is 298 g/mol. The predicted octanol–water partition coefficient (Wildman–Crippen LogP) is 0.892. The fourth-order valence-corrected chi connectivity index (χ4v) is 3.61. The molecule has 1 fully saturated rings. The standard InChI is InChI=1S/C13H23NO6S/c1-10(11(15)20-2)21(18,19)14-9-13(12(16)17)7-5-3-4-6-8-13/h10,14H,3-9H2,1-2H3,(H,16,17). The van der Waals surface area contributed by atoms with E-state index in [0.29, 0.717) is 12.8 Å². The average Bonchev–Trinajstić information content (AvgIpc) is 2.70. The molecule has 1 unspecified atom stereocenters. The molecule has 0 spiro atoms. The van der Waals surface area contributed by atoms with Gasteiger partial charge >= 0.3 is 11.9 Å². The SMILES string of the molecule is COC(=O)C(C)S(=O)(=O)NCC1(C(=O)O)CCCCCC1. The van der Waals surface area contributed by atoms with E-state index >= 15 is 0 Å². The lowest BCUT2D eigenvalue weighted by atomic mass is 9.80. The first-order chi connectivity index (χ1) is 9.75. The van der Waals surface area contributed by atoms with E-state index < -0.39 is 32.6 Å². The lowest BCUT2D eigenvalue weighted by molar-refractivity contribution is -0.149. The molecule has 21 heavy (non-hydrogen) atoms. The van der Waals surface area contributed by atoms with Crippen molar-refractivity contribution in [3.8, 4) is 0 Å². The van der Waals surface area contributed by atoms with Crippen molar-refractivity contribution in [2.45, 2.75) is 50.7 Å². The van der Waals surface area contributed by atoms with E-state index in [1.807, 2.05) is 0 Å². The second kappa shape index (κ2) is 7.22. The van der Waals surface area contributed by atoms with Gasteiger partial charge in [-0.15, -0.1) is 0 Å². The molecule has 0 aromatic heterocycles. The molecule has 0 aliphatic heterocycles. The second-order valence-electron chi connectivity index (χ2n) is 5.53. The number of carboxylic acids is 1. The van der Waals surface area contributed by atoms with Crippen molar-refractivity contribution in [1.82, 2.24) is 4.72 Å². The summed E-state index contributed by atoms with van der Waals surface area (Å²) in [5, 5.41) is 8.12. The first-order valence-electron chi connectivity index (χ1n) is 7.05. The van der Waals surface area contributed by atoms with Crippen molar-refractivity contribution in [2.24, 2.45) is 5.41 Å². The molecule has 1 aliphatic carbocycles. The molecule has 2 N–H and O–H groups in total. The van der Waals surface area contributed by atoms with Gasteiger partial charge in [0.1, 0.15) is 0 Å². The van der Waals surface area contributed by atoms with E-state index in [4.69, 9.17) is 0 Å². The van der Waals surface area contributed by atoms with E-state index in [9.17, 15) is 23.1 Å². The Morgan fingerprint density at radius 2 is 1.76 bits per heavy atom. The third kappa shape index (κ3) is 4.41. The van der Waals surface area contributed by atoms with Crippen molar-refractivity contribution >= 4 is 22.0 Å². The zero-order valence-electron chi connectivity index (χ0n) is 12.4. The Morgan fingerprint density at radius 1 is 1.24 bits per heavy atom. The fourth-order valence-electron chi connectivity index (χ4n) is 2.53. The van der Waals surface area contributed by atoms with Crippen LogP contribution in [0.25, 0.3) is 0 Å². The van der Waals surface area contributed by atoms with Crippen LogP contribution in [0.3, 0.4) is 0 Å². The van der Waals surface area contributed by atoms with Crippen molar-refractivity contribution in [2.75, 3.05) is 13.7 Å². The summed E-state index contributed by atoms with van der Waals surface area (Å²) in [5.74, 6) is -1.86. The smallest absolute Gasteiger partial charge is 0.325 e. The number of esters is 1. The zero-order valence-corrected chi connectivity index (χ0v) is 13.2. The molecule has 0 amide bonds. The van der Waals surface area contributed by atoms with E-state index in [-0.39, 0.29) is 6.54 Å². The number of rotatable bonds is 6. The minimum absolute atomic E-state index is 0.188. The highest BCUT2D eigenvalue weighted by atomic mass is 32.2. The summed E-state index contributed by atoms with van der Waals surface area (Å²) in [6.45, 7) is 1.03. The average molecular weight is 321 g/mol. The molecule has 0 aromatic carbocycles. The maximum Gasteiger partial charge on any atom is 0.325 e. The molecule has 0 heterocycles. The Kier molecular flexibility index (Phi) is 6.15. The van der Waals surface area contributed by atoms with Gasteiger partial charge in [-0.3, -0.25) is 9.59 Å². The molecule has 0 saturated heterocycles. The largest absolute Gasteiger partial charge is 0.481 e. The molecule has 1 rings (SSSR count). The topological polar surface area (TPSA) is 110 Å². The second-order valence-corrected chi connectivity index (χ2v) is 7.62. The summed E-state index contributed by atoms with van der Waals surface area (Å²) < 4.78 is 30.7. The summed E-state index contributed by atoms with van der Waals surface area (Å²) in [4.78, 5) is 22.9. The quantitative estimate of drug-likeness (QED) is 0.555. The van der Waals surface area contributed by atoms with Crippen LogP contribution >= 0.6 is 0 Å². The van der Waals surface area contributed by atoms with E-state index in [1.54, 1.807) is 0 Å². The minimum atomic E-state index is -3.94. The van der Waals surface area contributed by atoms with E-state index in [0.717, 1.165) is 32.8 Å². The molecule has 0 bridgehead atoms. The molecule has 0 radical (unpaired) electrons. The highest BCUT2D eigenvalue weighted by Gasteiger charge is 2.40. The van der Waals surface area contributed by atoms with Gasteiger partial charge in [-0.25, -0.2) is 13.1 Å². The molecule has 1 saturated carbocycles. The molecule has 7 nitrogen and oxygen atoms in total. The van der Waals surface area contributed by atoms with Gasteiger partial charge in [0.15, 0.2) is 5.25 Å². The predicted molar refractivity (Wildman–Crippen MR) is 76.2 cm³/mol. The highest BCUT2D eigenvalue weighted by Crippen LogP contribution is 2.35. The van der Waals surface area contributed by atoms with Crippen LogP contribution in [0, 0.1) is 5.41 Å². The Bertz CT molecular complexity index is 479. The van der Waals surface area contributed by atoms with Gasteiger partial charge in [-0.2, -0.15) is 0 Å². The Hall–Kier alpha value is -1.15. The van der Waals surface area contributed by atoms with Crippen LogP contribution < -0.4 is 4.72 Å². The Morgan fingerprint density at radius 3 is 2.19 bits per heavy atom. The number of ether oxygens (including phenoxy) is 1. The highest BCUT2D eigenvalue weighted by molar-refractivity contribution is 7.90. The fraction of sp³-hybridized carbons (Fsp3) is 0.846. The van der Waals surface area contributed by atoms with Crippen LogP contribution in [0.5, 0.6) is 0 Å². The number of methoxy groups -OCH3 is 1. The lowest BCUT2D eigenvalue weighted by Gasteiger charge is -2.28. The van der Waals surface area contributed by atoms with Crippen LogP contribution in [0.4, 0.5) is 0 Å². The summed E-state index contributed by atoms with van der Waals surface area (Å²) in [5.41, 5.74) is -1.08. The van der Waals surface area contributed by atoms with Crippen molar-refractivity contribution < 1.29 is 27.9 Å². The van der Waals surface area contributed by atoms with Crippen molar-refractivity contribution in [3.05, 3.63) is 0 Å². The summed E-state index contributed by atoms with van der Waals surface area (Å²) in [6, 6.07) is 0. The zero-order chi connectivity index (χ0) is 16.1. The number of carboxylic acid groups (broad SMARTS) is 1. The normalized spacial score (nSPS) is 20.3. The Balaban J connectivity index is 2.82. The minimum Gasteiger partial charge on any atom is -0.481 e. The number of carbonyl (C=O) groups excluding carboxylic acids is 1. The van der Waals surface area contributed by atoms with Crippen molar-refractivity contribution in [3.63, 3.8) is 0 Å². The number of carbonyl (C=O) groups is 2. The lowest BCUT2D eigenvalue weighted by Crippen LogP contribution is -2.46. The first kappa shape index (κ1) is 17.9. The Labute approximate surface area is 125 Å². The molecular formula is C13H23NO6S. The van der Waals surface area contributed by atoms with Gasteiger partial charge in [-0.05, 0) is 19.8 Å². The maximum atomic E-state index is 12.0. The molecule has 1 atom stereocenters. The summed E-state index contributed by atoms with van der Waals surface area (Å²) in [6.07, 6.45) is 4.33. The van der Waals surface area contributed by atoms with Crippen LogP contribution in [-0.2, 0) is 24.3 Å². The van der Waals surface area contributed by atoms with Crippen LogP contribution in [-0.4, -0.2) is 44.4 Å². The third-order valence-corrected chi connectivity index (χ3v) is 5.79. The first-order valence-corrected chi connectivity index (χ1v) is 8.59. The van der Waals surface area contributed by atoms with Crippen LogP contribution in [0.1, 0.15) is 45.4 Å². The number of hydrogen-bond donors (Lipinski definition) is 2. The number of sulfonamides is 1. The summed E-state index contributed by atoms with van der Waals surface area (Å²) in [7, 11) is -2.83. The van der Waals surface area contributed by atoms with Gasteiger partial charge in [0.05, 0.1) is 12.5 Å². The van der Waals surface area contributed by atoms with E-state index in [1.165, 1.54) is 6.92 Å². The third-order valence-electron chi connectivity index (χ3n) is 4.12. The molecule has 0 aromatic rings. The number of nitrogens with one attached hydrogen (secondary N) is 1. The van der Waals surface area contributed by atoms with E-state index in [2.05, 4.69) is 9.46 Å². The molecule has 8 heteroatoms. The van der Waals surface area contributed by atoms with Gasteiger partial charge in [0, 0.05) is 6.54 Å². The van der Waals surface area contributed by atoms with Crippen molar-refractivity contribution in [1.29, 1.82) is 0 Å².